The Kier molecular flexibility index (Phi) is 2.16. The second kappa shape index (κ2) is 3.80. The van der Waals surface area contributed by atoms with Crippen LogP contribution >= 0.6 is 0 Å². The molecule has 0 atom stereocenters. The lowest BCUT2D eigenvalue weighted by molar-refractivity contribution is 1.47. The minimum atomic E-state index is 0.711. The summed E-state index contributed by atoms with van der Waals surface area (Å²) in [6, 6.07) is 18.1. The van der Waals surface area contributed by atoms with Crippen molar-refractivity contribution >= 4 is 10.9 Å². The van der Waals surface area contributed by atoms with E-state index in [-0.39, 0.29) is 0 Å². The number of nitrogens with zero attached hydrogens (tertiary/aromatic N) is 1. The van der Waals surface area contributed by atoms with Crippen molar-refractivity contribution in [1.82, 2.24) is 4.98 Å². The molecule has 17 heavy (non-hydrogen) atoms. The zero-order chi connectivity index (χ0) is 11.7. The maximum Gasteiger partial charge on any atom is 0.0998 e. The van der Waals surface area contributed by atoms with Gasteiger partial charge < -0.3 is 4.98 Å². The van der Waals surface area contributed by atoms with Crippen LogP contribution in [0.1, 0.15) is 5.56 Å². The standard InChI is InChI=1S/C15H10N2/c16-10-13-3-1-2-4-14(13)11-5-6-15-12(9-11)7-8-17-15/h1-9,17H. The number of aromatic amines is 1. The number of hydrogen-bond acceptors (Lipinski definition) is 1. The molecule has 1 N–H and O–H groups in total. The van der Waals surface area contributed by atoms with Crippen LogP contribution in [0.15, 0.2) is 54.7 Å². The molecule has 0 saturated heterocycles. The molecule has 1 aromatic heterocycles. The van der Waals surface area contributed by atoms with E-state index < -0.39 is 0 Å². The van der Waals surface area contributed by atoms with Gasteiger partial charge in [0.05, 0.1) is 11.6 Å². The average molecular weight is 218 g/mol. The SMILES string of the molecule is N#Cc1ccccc1-c1ccc2[nH]ccc2c1. The van der Waals surface area contributed by atoms with E-state index in [9.17, 15) is 0 Å². The minimum Gasteiger partial charge on any atom is -0.361 e. The summed E-state index contributed by atoms with van der Waals surface area (Å²) in [5.74, 6) is 0. The summed E-state index contributed by atoms with van der Waals surface area (Å²) in [6.07, 6.45) is 1.92. The number of nitrogens with one attached hydrogen (secondary N) is 1. The first-order valence-electron chi connectivity index (χ1n) is 5.45. The molecule has 0 amide bonds. The molecular weight excluding hydrogens is 208 g/mol. The van der Waals surface area contributed by atoms with Crippen LogP contribution in [0.4, 0.5) is 0 Å². The van der Waals surface area contributed by atoms with Crippen molar-refractivity contribution in [3.05, 3.63) is 60.3 Å². The summed E-state index contributed by atoms with van der Waals surface area (Å²) in [7, 11) is 0. The van der Waals surface area contributed by atoms with Gasteiger partial charge in [-0.25, -0.2) is 0 Å². The predicted molar refractivity (Wildman–Crippen MR) is 68.4 cm³/mol. The van der Waals surface area contributed by atoms with Gasteiger partial charge in [0.15, 0.2) is 0 Å². The molecule has 80 valence electrons. The fourth-order valence-corrected chi connectivity index (χ4v) is 2.05. The predicted octanol–water partition coefficient (Wildman–Crippen LogP) is 3.71. The third-order valence-corrected chi connectivity index (χ3v) is 2.91. The zero-order valence-electron chi connectivity index (χ0n) is 9.14. The van der Waals surface area contributed by atoms with E-state index in [0.29, 0.717) is 5.56 Å². The van der Waals surface area contributed by atoms with E-state index >= 15 is 0 Å². The van der Waals surface area contributed by atoms with Gasteiger partial charge in [-0.3, -0.25) is 0 Å². The van der Waals surface area contributed by atoms with Gasteiger partial charge in [-0.05, 0) is 40.8 Å². The molecule has 2 nitrogen and oxygen atoms in total. The molecule has 0 aliphatic heterocycles. The number of fused-ring (bicyclic) bond motifs is 1. The molecule has 3 aromatic rings. The average Bonchev–Trinajstić information content (AvgIpc) is 2.85. The van der Waals surface area contributed by atoms with E-state index in [1.807, 2.05) is 48.7 Å². The Morgan fingerprint density at radius 1 is 1.00 bits per heavy atom. The summed E-state index contributed by atoms with van der Waals surface area (Å²) in [5, 5.41) is 10.3. The Bertz CT molecular complexity index is 717. The number of rotatable bonds is 1. The molecule has 0 saturated carbocycles. The molecule has 0 bridgehead atoms. The smallest absolute Gasteiger partial charge is 0.0998 e. The van der Waals surface area contributed by atoms with Gasteiger partial charge in [0, 0.05) is 11.7 Å². The number of hydrogen-bond donors (Lipinski definition) is 1. The third-order valence-electron chi connectivity index (χ3n) is 2.91. The lowest BCUT2D eigenvalue weighted by atomic mass is 9.99. The van der Waals surface area contributed by atoms with Crippen molar-refractivity contribution < 1.29 is 0 Å². The van der Waals surface area contributed by atoms with Crippen LogP contribution in [0.5, 0.6) is 0 Å². The van der Waals surface area contributed by atoms with Crippen LogP contribution in [0, 0.1) is 11.3 Å². The molecule has 0 aliphatic carbocycles. The second-order valence-corrected chi connectivity index (χ2v) is 3.94. The number of aromatic nitrogens is 1. The Morgan fingerprint density at radius 2 is 1.88 bits per heavy atom. The summed E-state index contributed by atoms with van der Waals surface area (Å²) in [4.78, 5) is 3.16. The van der Waals surface area contributed by atoms with E-state index in [0.717, 1.165) is 22.0 Å². The van der Waals surface area contributed by atoms with Crippen LogP contribution in [0.3, 0.4) is 0 Å². The van der Waals surface area contributed by atoms with Gasteiger partial charge in [0.25, 0.3) is 0 Å². The van der Waals surface area contributed by atoms with Crippen LogP contribution in [-0.4, -0.2) is 4.98 Å². The zero-order valence-corrected chi connectivity index (χ0v) is 9.14. The molecule has 0 aliphatic rings. The van der Waals surface area contributed by atoms with Gasteiger partial charge in [0.1, 0.15) is 0 Å². The van der Waals surface area contributed by atoms with Crippen LogP contribution in [-0.2, 0) is 0 Å². The largest absolute Gasteiger partial charge is 0.361 e. The normalized spacial score (nSPS) is 10.3. The first-order valence-corrected chi connectivity index (χ1v) is 5.45. The lowest BCUT2D eigenvalue weighted by Crippen LogP contribution is -1.83. The summed E-state index contributed by atoms with van der Waals surface area (Å²) >= 11 is 0. The van der Waals surface area contributed by atoms with Gasteiger partial charge in [0.2, 0.25) is 0 Å². The van der Waals surface area contributed by atoms with Crippen molar-refractivity contribution in [3.8, 4) is 17.2 Å². The highest BCUT2D eigenvalue weighted by Gasteiger charge is 2.04. The van der Waals surface area contributed by atoms with Crippen molar-refractivity contribution in [2.75, 3.05) is 0 Å². The van der Waals surface area contributed by atoms with Crippen LogP contribution in [0.25, 0.3) is 22.0 Å². The highest BCUT2D eigenvalue weighted by Crippen LogP contribution is 2.26. The van der Waals surface area contributed by atoms with Crippen molar-refractivity contribution in [3.63, 3.8) is 0 Å². The van der Waals surface area contributed by atoms with Gasteiger partial charge >= 0.3 is 0 Å². The van der Waals surface area contributed by atoms with Crippen molar-refractivity contribution in [1.29, 1.82) is 5.26 Å². The molecular formula is C15H10N2. The molecule has 3 rings (SSSR count). The molecule has 0 radical (unpaired) electrons. The van der Waals surface area contributed by atoms with E-state index in [2.05, 4.69) is 17.1 Å². The van der Waals surface area contributed by atoms with Crippen LogP contribution in [0.2, 0.25) is 0 Å². The highest BCUT2D eigenvalue weighted by atomic mass is 14.7. The molecule has 0 spiro atoms. The summed E-state index contributed by atoms with van der Waals surface area (Å²) in [5.41, 5.74) is 3.89. The first kappa shape index (κ1) is 9.68. The maximum absolute atomic E-state index is 9.10. The van der Waals surface area contributed by atoms with Crippen LogP contribution < -0.4 is 0 Å². The van der Waals surface area contributed by atoms with Gasteiger partial charge in [-0.1, -0.05) is 24.3 Å². The number of H-pyrrole nitrogens is 1. The Hall–Kier alpha value is -2.53. The molecule has 2 heteroatoms. The van der Waals surface area contributed by atoms with Gasteiger partial charge in [-0.15, -0.1) is 0 Å². The first-order chi connectivity index (χ1) is 8.38. The van der Waals surface area contributed by atoms with Crippen molar-refractivity contribution in [2.24, 2.45) is 0 Å². The summed E-state index contributed by atoms with van der Waals surface area (Å²) < 4.78 is 0. The second-order valence-electron chi connectivity index (χ2n) is 3.94. The lowest BCUT2D eigenvalue weighted by Gasteiger charge is -2.04. The van der Waals surface area contributed by atoms with E-state index in [1.54, 1.807) is 0 Å². The topological polar surface area (TPSA) is 39.6 Å². The fraction of sp³-hybridized carbons (Fsp3) is 0. The molecule has 0 fully saturated rings. The number of nitriles is 1. The fourth-order valence-electron chi connectivity index (χ4n) is 2.05. The quantitative estimate of drug-likeness (QED) is 0.664. The third kappa shape index (κ3) is 1.58. The molecule has 1 heterocycles. The Labute approximate surface area is 99.1 Å². The Balaban J connectivity index is 2.23. The minimum absolute atomic E-state index is 0.711. The van der Waals surface area contributed by atoms with E-state index in [4.69, 9.17) is 5.26 Å². The monoisotopic (exact) mass is 218 g/mol. The van der Waals surface area contributed by atoms with Gasteiger partial charge in [-0.2, -0.15) is 5.26 Å². The maximum atomic E-state index is 9.10. The molecule has 0 unspecified atom stereocenters. The molecule has 2 aromatic carbocycles. The van der Waals surface area contributed by atoms with Crippen molar-refractivity contribution in [2.45, 2.75) is 0 Å². The Morgan fingerprint density at radius 3 is 2.76 bits per heavy atom. The highest BCUT2D eigenvalue weighted by molar-refractivity contribution is 5.86. The number of benzene rings is 2. The summed E-state index contributed by atoms with van der Waals surface area (Å²) in [6.45, 7) is 0. The van der Waals surface area contributed by atoms with E-state index in [1.165, 1.54) is 0 Å².